The zero-order valence-corrected chi connectivity index (χ0v) is 12.2. The van der Waals surface area contributed by atoms with Gasteiger partial charge in [-0.25, -0.2) is 0 Å². The summed E-state index contributed by atoms with van der Waals surface area (Å²) in [7, 11) is 1.63. The maximum atomic E-state index is 12.6. The van der Waals surface area contributed by atoms with Gasteiger partial charge in [0.2, 0.25) is 0 Å². The molecule has 2 aromatic rings. The Morgan fingerprint density at radius 2 is 1.60 bits per heavy atom. The van der Waals surface area contributed by atoms with Gasteiger partial charge in [0.1, 0.15) is 11.5 Å². The van der Waals surface area contributed by atoms with Crippen LogP contribution in [0.3, 0.4) is 0 Å². The third kappa shape index (κ3) is 2.90. The number of carbonyl (C=O) groups excluding carboxylic acids is 1. The molecule has 0 atom stereocenters. The number of hydrogen-bond acceptors (Lipinski definition) is 2. The summed E-state index contributed by atoms with van der Waals surface area (Å²) >= 11 is 0. The number of ether oxygens (including phenoxy) is 1. The minimum Gasteiger partial charge on any atom is -0.496 e. The number of ketones is 1. The molecule has 0 radical (unpaired) electrons. The lowest BCUT2D eigenvalue weighted by Gasteiger charge is -2.24. The maximum Gasteiger partial charge on any atom is 0.147 e. The Kier molecular flexibility index (Phi) is 4.23. The first-order valence-electron chi connectivity index (χ1n) is 6.76. The van der Waals surface area contributed by atoms with Crippen LogP contribution in [0.25, 0.3) is 0 Å². The summed E-state index contributed by atoms with van der Waals surface area (Å²) < 4.78 is 5.31. The summed E-state index contributed by atoms with van der Waals surface area (Å²) in [6.07, 6.45) is 0.381. The Morgan fingerprint density at radius 3 is 2.25 bits per heavy atom. The van der Waals surface area contributed by atoms with Crippen molar-refractivity contribution >= 4 is 5.78 Å². The smallest absolute Gasteiger partial charge is 0.147 e. The van der Waals surface area contributed by atoms with Crippen LogP contribution in [-0.2, 0) is 16.6 Å². The van der Waals surface area contributed by atoms with E-state index >= 15 is 0 Å². The Hall–Kier alpha value is -2.09. The summed E-state index contributed by atoms with van der Waals surface area (Å²) in [5.41, 5.74) is 1.48. The van der Waals surface area contributed by atoms with E-state index < -0.39 is 5.41 Å². The summed E-state index contributed by atoms with van der Waals surface area (Å²) in [5, 5.41) is 0. The van der Waals surface area contributed by atoms with Gasteiger partial charge < -0.3 is 4.74 Å². The molecule has 20 heavy (non-hydrogen) atoms. The van der Waals surface area contributed by atoms with Crippen molar-refractivity contribution in [3.8, 4) is 5.75 Å². The summed E-state index contributed by atoms with van der Waals surface area (Å²) in [5.74, 6) is 0.956. The van der Waals surface area contributed by atoms with E-state index in [2.05, 4.69) is 0 Å². The number of hydrogen-bond donors (Lipinski definition) is 0. The van der Waals surface area contributed by atoms with E-state index in [1.54, 1.807) is 7.11 Å². The van der Waals surface area contributed by atoms with Gasteiger partial charge in [-0.05, 0) is 25.5 Å². The maximum absolute atomic E-state index is 12.6. The molecule has 2 nitrogen and oxygen atoms in total. The second-order valence-corrected chi connectivity index (χ2v) is 5.40. The van der Waals surface area contributed by atoms with E-state index in [0.29, 0.717) is 6.42 Å². The highest BCUT2D eigenvalue weighted by molar-refractivity contribution is 5.91. The lowest BCUT2D eigenvalue weighted by Crippen LogP contribution is -2.30. The summed E-state index contributed by atoms with van der Waals surface area (Å²) in [6, 6.07) is 17.6. The molecule has 0 spiro atoms. The first-order valence-corrected chi connectivity index (χ1v) is 6.76. The minimum atomic E-state index is -0.498. The lowest BCUT2D eigenvalue weighted by molar-refractivity contribution is -0.122. The molecule has 2 aromatic carbocycles. The molecule has 0 fully saturated rings. The van der Waals surface area contributed by atoms with Crippen molar-refractivity contribution in [2.24, 2.45) is 0 Å². The fourth-order valence-corrected chi connectivity index (χ4v) is 2.26. The molecule has 0 saturated heterocycles. The first-order chi connectivity index (χ1) is 9.55. The molecule has 0 unspecified atom stereocenters. The van der Waals surface area contributed by atoms with Crippen molar-refractivity contribution in [2.75, 3.05) is 7.11 Å². The Balaban J connectivity index is 2.24. The summed E-state index contributed by atoms with van der Waals surface area (Å²) in [4.78, 5) is 12.6. The van der Waals surface area contributed by atoms with E-state index in [1.807, 2.05) is 68.4 Å². The van der Waals surface area contributed by atoms with E-state index in [1.165, 1.54) is 0 Å². The van der Waals surface area contributed by atoms with Crippen LogP contribution in [0.1, 0.15) is 25.0 Å². The van der Waals surface area contributed by atoms with Crippen molar-refractivity contribution in [1.29, 1.82) is 0 Å². The number of para-hydroxylation sites is 1. The van der Waals surface area contributed by atoms with Crippen molar-refractivity contribution in [3.63, 3.8) is 0 Å². The number of carbonyl (C=O) groups is 1. The molecule has 0 saturated carbocycles. The number of Topliss-reactive ketones (excluding diaryl/α,β-unsaturated/α-hetero) is 1. The van der Waals surface area contributed by atoms with E-state index in [9.17, 15) is 4.79 Å². The normalized spacial score (nSPS) is 11.2. The van der Waals surface area contributed by atoms with Gasteiger partial charge in [-0.3, -0.25) is 4.79 Å². The van der Waals surface area contributed by atoms with Crippen LogP contribution in [-0.4, -0.2) is 12.9 Å². The standard InChI is InChI=1S/C18H20O2/c1-18(2,15-10-5-4-6-11-15)17(19)13-14-9-7-8-12-16(14)20-3/h4-12H,13H2,1-3H3. The van der Waals surface area contributed by atoms with Gasteiger partial charge in [0.25, 0.3) is 0 Å². The number of rotatable bonds is 5. The molecule has 0 aliphatic carbocycles. The van der Waals surface area contributed by atoms with Gasteiger partial charge in [-0.1, -0.05) is 48.5 Å². The summed E-state index contributed by atoms with van der Waals surface area (Å²) in [6.45, 7) is 3.94. The van der Waals surface area contributed by atoms with Crippen LogP contribution in [0.4, 0.5) is 0 Å². The largest absolute Gasteiger partial charge is 0.496 e. The topological polar surface area (TPSA) is 26.3 Å². The van der Waals surface area contributed by atoms with Gasteiger partial charge in [-0.15, -0.1) is 0 Å². The van der Waals surface area contributed by atoms with Crippen LogP contribution in [0.5, 0.6) is 5.75 Å². The molecule has 0 heterocycles. The molecule has 0 aliphatic rings. The van der Waals surface area contributed by atoms with Crippen molar-refractivity contribution in [1.82, 2.24) is 0 Å². The fourth-order valence-electron chi connectivity index (χ4n) is 2.26. The highest BCUT2D eigenvalue weighted by atomic mass is 16.5. The van der Waals surface area contributed by atoms with Crippen LogP contribution in [0.2, 0.25) is 0 Å². The van der Waals surface area contributed by atoms with E-state index in [4.69, 9.17) is 4.74 Å². The highest BCUT2D eigenvalue weighted by Gasteiger charge is 2.29. The molecule has 0 aliphatic heterocycles. The second-order valence-electron chi connectivity index (χ2n) is 5.40. The third-order valence-corrected chi connectivity index (χ3v) is 3.74. The van der Waals surface area contributed by atoms with Crippen molar-refractivity contribution < 1.29 is 9.53 Å². The Labute approximate surface area is 120 Å². The SMILES string of the molecule is COc1ccccc1CC(=O)C(C)(C)c1ccccc1. The van der Waals surface area contributed by atoms with Crippen LogP contribution in [0, 0.1) is 0 Å². The molecule has 0 bridgehead atoms. The van der Waals surface area contributed by atoms with Crippen LogP contribution in [0.15, 0.2) is 54.6 Å². The number of methoxy groups -OCH3 is 1. The lowest BCUT2D eigenvalue weighted by atomic mass is 9.78. The van der Waals surface area contributed by atoms with Gasteiger partial charge in [0.05, 0.1) is 7.11 Å². The van der Waals surface area contributed by atoms with Gasteiger partial charge in [-0.2, -0.15) is 0 Å². The van der Waals surface area contributed by atoms with Crippen molar-refractivity contribution in [3.05, 3.63) is 65.7 Å². The molecule has 0 aromatic heterocycles. The fraction of sp³-hybridized carbons (Fsp3) is 0.278. The molecular formula is C18H20O2. The molecule has 104 valence electrons. The first kappa shape index (κ1) is 14.3. The molecule has 2 rings (SSSR count). The average Bonchev–Trinajstić information content (AvgIpc) is 2.48. The zero-order chi connectivity index (χ0) is 14.6. The zero-order valence-electron chi connectivity index (χ0n) is 12.2. The monoisotopic (exact) mass is 268 g/mol. The Bertz CT molecular complexity index is 585. The Morgan fingerprint density at radius 1 is 1.00 bits per heavy atom. The van der Waals surface area contributed by atoms with E-state index in [0.717, 1.165) is 16.9 Å². The third-order valence-electron chi connectivity index (χ3n) is 3.74. The predicted octanol–water partition coefficient (Wildman–Crippen LogP) is 3.78. The molecule has 2 heteroatoms. The van der Waals surface area contributed by atoms with Crippen LogP contribution < -0.4 is 4.74 Å². The predicted molar refractivity (Wildman–Crippen MR) is 81.2 cm³/mol. The highest BCUT2D eigenvalue weighted by Crippen LogP contribution is 2.27. The van der Waals surface area contributed by atoms with E-state index in [-0.39, 0.29) is 5.78 Å². The average molecular weight is 268 g/mol. The molecule has 0 N–H and O–H groups in total. The minimum absolute atomic E-state index is 0.188. The molecule has 0 amide bonds. The van der Waals surface area contributed by atoms with Gasteiger partial charge in [0, 0.05) is 17.4 Å². The quantitative estimate of drug-likeness (QED) is 0.824. The van der Waals surface area contributed by atoms with Crippen molar-refractivity contribution in [2.45, 2.75) is 25.7 Å². The van der Waals surface area contributed by atoms with Gasteiger partial charge in [0.15, 0.2) is 0 Å². The van der Waals surface area contributed by atoms with Crippen LogP contribution >= 0.6 is 0 Å². The molecular weight excluding hydrogens is 248 g/mol. The van der Waals surface area contributed by atoms with Gasteiger partial charge >= 0.3 is 0 Å². The second kappa shape index (κ2) is 5.91. The number of benzene rings is 2.